The normalized spacial score (nSPS) is 12.8. The van der Waals surface area contributed by atoms with Crippen LogP contribution in [0, 0.1) is 0 Å². The van der Waals surface area contributed by atoms with E-state index in [0.29, 0.717) is 17.5 Å². The Kier molecular flexibility index (Phi) is 4.11. The number of nitrogens with one attached hydrogen (secondary N) is 2. The lowest BCUT2D eigenvalue weighted by molar-refractivity contribution is 0.476. The second-order valence-corrected chi connectivity index (χ2v) is 6.65. The van der Waals surface area contributed by atoms with Gasteiger partial charge in [0.2, 0.25) is 10.0 Å². The fourth-order valence-corrected chi connectivity index (χ4v) is 2.89. The van der Waals surface area contributed by atoms with Crippen LogP contribution in [0.5, 0.6) is 0 Å². The van der Waals surface area contributed by atoms with Gasteiger partial charge in [0.05, 0.1) is 18.0 Å². The van der Waals surface area contributed by atoms with Crippen molar-refractivity contribution in [1.29, 1.82) is 0 Å². The number of anilines is 1. The third kappa shape index (κ3) is 4.60. The molecule has 0 bridgehead atoms. The number of hydrogen-bond donors (Lipinski definition) is 2. The smallest absolute Gasteiger partial charge is 0.209 e. The topological polar surface area (TPSA) is 84.0 Å². The molecule has 92 valence electrons. The van der Waals surface area contributed by atoms with E-state index in [1.165, 1.54) is 0 Å². The molecule has 0 unspecified atom stereocenters. The monoisotopic (exact) mass is 284 g/mol. The lowest BCUT2D eigenvalue weighted by atomic mass is 10.1. The molecule has 0 saturated heterocycles. The molecule has 16 heavy (non-hydrogen) atoms. The Morgan fingerprint density at radius 1 is 1.44 bits per heavy atom. The minimum absolute atomic E-state index is 0.292. The molecule has 1 heterocycles. The van der Waals surface area contributed by atoms with Crippen molar-refractivity contribution in [2.75, 3.05) is 18.1 Å². The molecule has 0 aliphatic carbocycles. The zero-order valence-corrected chi connectivity index (χ0v) is 11.5. The predicted molar refractivity (Wildman–Crippen MR) is 65.5 cm³/mol. The molecular formula is C7H13ClN4O2S2. The summed E-state index contributed by atoms with van der Waals surface area (Å²) in [6.07, 6.45) is 1.12. The first-order valence-corrected chi connectivity index (χ1v) is 7.40. The average molecular weight is 285 g/mol. The third-order valence-electron chi connectivity index (χ3n) is 1.61. The van der Waals surface area contributed by atoms with Gasteiger partial charge in [0.1, 0.15) is 0 Å². The molecule has 0 aromatic carbocycles. The largest absolute Gasteiger partial charge is 0.365 e. The van der Waals surface area contributed by atoms with E-state index in [4.69, 9.17) is 11.6 Å². The van der Waals surface area contributed by atoms with Crippen LogP contribution in [0.15, 0.2) is 0 Å². The number of rotatable bonds is 5. The van der Waals surface area contributed by atoms with Crippen LogP contribution in [0.2, 0.25) is 5.15 Å². The summed E-state index contributed by atoms with van der Waals surface area (Å²) < 4.78 is 32.4. The number of nitrogens with zero attached hydrogens (tertiary/aromatic N) is 2. The van der Waals surface area contributed by atoms with Crippen LogP contribution < -0.4 is 10.0 Å². The van der Waals surface area contributed by atoms with E-state index in [2.05, 4.69) is 18.8 Å². The quantitative estimate of drug-likeness (QED) is 0.840. The van der Waals surface area contributed by atoms with Gasteiger partial charge in [-0.05, 0) is 13.8 Å². The highest BCUT2D eigenvalue weighted by molar-refractivity contribution is 7.88. The molecule has 6 nitrogen and oxygen atoms in total. The molecule has 0 amide bonds. The van der Waals surface area contributed by atoms with Crippen molar-refractivity contribution in [1.82, 2.24) is 13.5 Å². The zero-order valence-electron chi connectivity index (χ0n) is 9.11. The summed E-state index contributed by atoms with van der Waals surface area (Å²) in [7, 11) is -3.24. The second kappa shape index (κ2) is 4.82. The van der Waals surface area contributed by atoms with E-state index in [1.807, 2.05) is 0 Å². The minimum Gasteiger partial charge on any atom is -0.365 e. The standard InChI is InChI=1S/C7H13ClN4O2S2/c1-7(2,12-16(3,13)14)4-9-6-5(8)10-15-11-6/h12H,4H2,1-3H3,(H,9,11). The van der Waals surface area contributed by atoms with Gasteiger partial charge in [0.15, 0.2) is 11.0 Å². The van der Waals surface area contributed by atoms with E-state index in [0.717, 1.165) is 18.0 Å². The Morgan fingerprint density at radius 3 is 2.50 bits per heavy atom. The number of hydrogen-bond acceptors (Lipinski definition) is 6. The van der Waals surface area contributed by atoms with Crippen LogP contribution in [0.1, 0.15) is 13.8 Å². The van der Waals surface area contributed by atoms with E-state index < -0.39 is 15.6 Å². The van der Waals surface area contributed by atoms with Crippen molar-refractivity contribution in [2.45, 2.75) is 19.4 Å². The van der Waals surface area contributed by atoms with Crippen molar-refractivity contribution in [2.24, 2.45) is 0 Å². The molecule has 0 saturated carbocycles. The van der Waals surface area contributed by atoms with Crippen molar-refractivity contribution in [3.8, 4) is 0 Å². The molecule has 0 atom stereocenters. The molecule has 2 N–H and O–H groups in total. The van der Waals surface area contributed by atoms with Gasteiger partial charge in [-0.1, -0.05) is 11.6 Å². The summed E-state index contributed by atoms with van der Waals surface area (Å²) in [5.41, 5.74) is -0.624. The molecule has 0 aliphatic heterocycles. The Labute approximate surface area is 104 Å². The highest BCUT2D eigenvalue weighted by Crippen LogP contribution is 2.18. The summed E-state index contributed by atoms with van der Waals surface area (Å²) in [5.74, 6) is 0.468. The first-order valence-electron chi connectivity index (χ1n) is 4.40. The van der Waals surface area contributed by atoms with Gasteiger partial charge in [-0.25, -0.2) is 13.1 Å². The van der Waals surface area contributed by atoms with E-state index in [-0.39, 0.29) is 0 Å². The van der Waals surface area contributed by atoms with Crippen LogP contribution >= 0.6 is 23.3 Å². The zero-order chi connectivity index (χ0) is 12.4. The Morgan fingerprint density at radius 2 is 2.06 bits per heavy atom. The first kappa shape index (κ1) is 13.6. The molecule has 1 aromatic rings. The van der Waals surface area contributed by atoms with Gasteiger partial charge in [-0.2, -0.15) is 8.75 Å². The fourth-order valence-electron chi connectivity index (χ4n) is 1.13. The van der Waals surface area contributed by atoms with Crippen molar-refractivity contribution in [3.63, 3.8) is 0 Å². The maximum absolute atomic E-state index is 11.1. The van der Waals surface area contributed by atoms with Crippen molar-refractivity contribution < 1.29 is 8.42 Å². The lowest BCUT2D eigenvalue weighted by Crippen LogP contribution is -2.47. The van der Waals surface area contributed by atoms with Crippen molar-refractivity contribution >= 4 is 39.2 Å². The van der Waals surface area contributed by atoms with Crippen LogP contribution in [0.4, 0.5) is 5.82 Å². The van der Waals surface area contributed by atoms with E-state index >= 15 is 0 Å². The predicted octanol–water partition coefficient (Wildman–Crippen LogP) is 0.931. The summed E-state index contributed by atoms with van der Waals surface area (Å²) in [6, 6.07) is 0. The molecule has 0 aliphatic rings. The Hall–Kier alpha value is -0.440. The molecule has 1 rings (SSSR count). The van der Waals surface area contributed by atoms with Gasteiger partial charge in [0.25, 0.3) is 0 Å². The molecular weight excluding hydrogens is 272 g/mol. The third-order valence-corrected chi connectivity index (χ3v) is 3.42. The SMILES string of the molecule is CC(C)(CNc1nsnc1Cl)NS(C)(=O)=O. The van der Waals surface area contributed by atoms with Gasteiger partial charge in [-0.15, -0.1) is 0 Å². The molecule has 9 heteroatoms. The van der Waals surface area contributed by atoms with Crippen LogP contribution in [0.3, 0.4) is 0 Å². The van der Waals surface area contributed by atoms with Crippen LogP contribution in [-0.2, 0) is 10.0 Å². The van der Waals surface area contributed by atoms with E-state index in [9.17, 15) is 8.42 Å². The van der Waals surface area contributed by atoms with Gasteiger partial charge in [0, 0.05) is 12.1 Å². The summed E-state index contributed by atoms with van der Waals surface area (Å²) in [5, 5.41) is 3.23. The minimum atomic E-state index is -3.24. The Balaban J connectivity index is 2.58. The summed E-state index contributed by atoms with van der Waals surface area (Å²) >= 11 is 6.73. The molecule has 0 spiro atoms. The van der Waals surface area contributed by atoms with Gasteiger partial charge >= 0.3 is 0 Å². The van der Waals surface area contributed by atoms with Gasteiger partial charge in [-0.3, -0.25) is 0 Å². The maximum atomic E-state index is 11.1. The molecule has 0 fully saturated rings. The van der Waals surface area contributed by atoms with Gasteiger partial charge < -0.3 is 5.32 Å². The fraction of sp³-hybridized carbons (Fsp3) is 0.714. The number of halogens is 1. The number of sulfonamides is 1. The maximum Gasteiger partial charge on any atom is 0.209 e. The highest BCUT2D eigenvalue weighted by atomic mass is 35.5. The molecule has 0 radical (unpaired) electrons. The van der Waals surface area contributed by atoms with Crippen LogP contribution in [-0.4, -0.2) is 35.5 Å². The first-order chi connectivity index (χ1) is 7.20. The Bertz CT molecular complexity index is 457. The summed E-state index contributed by atoms with van der Waals surface area (Å²) in [4.78, 5) is 0. The lowest BCUT2D eigenvalue weighted by Gasteiger charge is -2.25. The summed E-state index contributed by atoms with van der Waals surface area (Å²) in [6.45, 7) is 3.88. The van der Waals surface area contributed by atoms with Crippen LogP contribution in [0.25, 0.3) is 0 Å². The van der Waals surface area contributed by atoms with E-state index in [1.54, 1.807) is 13.8 Å². The average Bonchev–Trinajstić information content (AvgIpc) is 2.43. The van der Waals surface area contributed by atoms with Crippen molar-refractivity contribution in [3.05, 3.63) is 5.15 Å². The second-order valence-electron chi connectivity index (χ2n) is 4.02. The number of aromatic nitrogens is 2. The highest BCUT2D eigenvalue weighted by Gasteiger charge is 2.22. The molecule has 1 aromatic heterocycles.